The first kappa shape index (κ1) is 17.0. The average molecular weight is 348 g/mol. The number of amides is 1. The molecule has 1 atom stereocenters. The van der Waals surface area contributed by atoms with Gasteiger partial charge in [-0.2, -0.15) is 0 Å². The van der Waals surface area contributed by atoms with Crippen molar-refractivity contribution in [3.8, 4) is 0 Å². The molecular weight excluding hydrogens is 326 g/mol. The number of nitrogens with zero attached hydrogens (tertiary/aromatic N) is 2. The van der Waals surface area contributed by atoms with Gasteiger partial charge in [-0.1, -0.05) is 35.0 Å². The molecule has 1 N–H and O–H groups in total. The van der Waals surface area contributed by atoms with Crippen molar-refractivity contribution in [1.29, 1.82) is 0 Å². The second-order valence-electron chi connectivity index (χ2n) is 6.36. The number of hydrogen-bond acceptors (Lipinski definition) is 4. The highest BCUT2D eigenvalue weighted by atomic mass is 35.5. The van der Waals surface area contributed by atoms with Crippen molar-refractivity contribution < 1.29 is 9.32 Å². The molecule has 2 heterocycles. The molecule has 1 fully saturated rings. The van der Waals surface area contributed by atoms with Crippen LogP contribution < -0.4 is 5.32 Å². The van der Waals surface area contributed by atoms with Crippen molar-refractivity contribution in [3.63, 3.8) is 0 Å². The van der Waals surface area contributed by atoms with E-state index in [-0.39, 0.29) is 11.9 Å². The van der Waals surface area contributed by atoms with Crippen LogP contribution in [0.3, 0.4) is 0 Å². The lowest BCUT2D eigenvalue weighted by Gasteiger charge is -2.16. The highest BCUT2D eigenvalue weighted by Gasteiger charge is 2.25. The van der Waals surface area contributed by atoms with E-state index in [2.05, 4.69) is 15.4 Å². The predicted octanol–water partition coefficient (Wildman–Crippen LogP) is 2.88. The fourth-order valence-electron chi connectivity index (χ4n) is 3.14. The molecule has 1 amide bonds. The van der Waals surface area contributed by atoms with E-state index in [1.807, 2.05) is 38.1 Å². The van der Waals surface area contributed by atoms with Gasteiger partial charge < -0.3 is 9.84 Å². The van der Waals surface area contributed by atoms with Crippen molar-refractivity contribution >= 4 is 17.5 Å². The number of aromatic nitrogens is 1. The Bertz CT molecular complexity index is 709. The summed E-state index contributed by atoms with van der Waals surface area (Å²) in [4.78, 5) is 14.6. The van der Waals surface area contributed by atoms with E-state index in [0.717, 1.165) is 48.6 Å². The van der Waals surface area contributed by atoms with E-state index >= 15 is 0 Å². The topological polar surface area (TPSA) is 58.4 Å². The average Bonchev–Trinajstić information content (AvgIpc) is 3.11. The van der Waals surface area contributed by atoms with Crippen LogP contribution in [0, 0.1) is 13.8 Å². The molecular formula is C18H22ClN3O2. The fourth-order valence-corrected chi connectivity index (χ4v) is 3.34. The van der Waals surface area contributed by atoms with Gasteiger partial charge in [0.25, 0.3) is 0 Å². The molecule has 0 saturated carbocycles. The van der Waals surface area contributed by atoms with E-state index in [9.17, 15) is 4.79 Å². The van der Waals surface area contributed by atoms with Gasteiger partial charge in [0.15, 0.2) is 0 Å². The third-order valence-corrected chi connectivity index (χ3v) is 4.88. The molecule has 0 radical (unpaired) electrons. The number of hydrogen-bond donors (Lipinski definition) is 1. The van der Waals surface area contributed by atoms with Crippen molar-refractivity contribution in [2.24, 2.45) is 0 Å². The van der Waals surface area contributed by atoms with Gasteiger partial charge in [0.05, 0.1) is 12.1 Å². The number of halogens is 1. The predicted molar refractivity (Wildman–Crippen MR) is 93.0 cm³/mol. The molecule has 128 valence electrons. The molecule has 1 aliphatic heterocycles. The van der Waals surface area contributed by atoms with Crippen LogP contribution in [0.4, 0.5) is 0 Å². The second kappa shape index (κ2) is 7.36. The Labute approximate surface area is 147 Å². The molecule has 24 heavy (non-hydrogen) atoms. The summed E-state index contributed by atoms with van der Waals surface area (Å²) in [7, 11) is 0. The van der Waals surface area contributed by atoms with Gasteiger partial charge >= 0.3 is 0 Å². The minimum absolute atomic E-state index is 0.0206. The minimum atomic E-state index is 0.0206. The zero-order chi connectivity index (χ0) is 17.1. The first-order valence-electron chi connectivity index (χ1n) is 8.20. The van der Waals surface area contributed by atoms with Crippen LogP contribution in [0.5, 0.6) is 0 Å². The lowest BCUT2D eigenvalue weighted by Crippen LogP contribution is -2.37. The van der Waals surface area contributed by atoms with Gasteiger partial charge in [0.1, 0.15) is 5.76 Å². The normalized spacial score (nSPS) is 18.0. The smallest absolute Gasteiger partial charge is 0.224 e. The molecule has 2 aromatic rings. The summed E-state index contributed by atoms with van der Waals surface area (Å²) in [6, 6.07) is 7.65. The summed E-state index contributed by atoms with van der Waals surface area (Å²) in [5.74, 6) is 0.894. The fraction of sp³-hybridized carbons (Fsp3) is 0.444. The molecule has 1 aliphatic rings. The van der Waals surface area contributed by atoms with Crippen molar-refractivity contribution in [1.82, 2.24) is 15.4 Å². The first-order chi connectivity index (χ1) is 11.5. The number of likely N-dealkylation sites (tertiary alicyclic amines) is 1. The van der Waals surface area contributed by atoms with Crippen LogP contribution in [-0.4, -0.2) is 35.1 Å². The van der Waals surface area contributed by atoms with Gasteiger partial charge in [-0.25, -0.2) is 0 Å². The van der Waals surface area contributed by atoms with Crippen LogP contribution in [0.1, 0.15) is 29.0 Å². The molecule has 0 spiro atoms. The monoisotopic (exact) mass is 347 g/mol. The molecule has 1 aromatic carbocycles. The lowest BCUT2D eigenvalue weighted by atomic mass is 10.1. The van der Waals surface area contributed by atoms with Crippen LogP contribution in [0.25, 0.3) is 0 Å². The molecule has 5 nitrogen and oxygen atoms in total. The molecule has 0 aliphatic carbocycles. The van der Waals surface area contributed by atoms with Crippen molar-refractivity contribution in [2.45, 2.75) is 39.3 Å². The number of rotatable bonds is 5. The maximum atomic E-state index is 12.2. The minimum Gasteiger partial charge on any atom is -0.361 e. The maximum absolute atomic E-state index is 12.2. The van der Waals surface area contributed by atoms with E-state index < -0.39 is 0 Å². The Morgan fingerprint density at radius 3 is 2.92 bits per heavy atom. The zero-order valence-corrected chi connectivity index (χ0v) is 14.8. The molecule has 3 rings (SSSR count). The summed E-state index contributed by atoms with van der Waals surface area (Å²) in [5.41, 5.74) is 2.96. The maximum Gasteiger partial charge on any atom is 0.224 e. The SMILES string of the molecule is Cc1noc(C)c1CN1CCC(NC(=O)Cc2ccccc2Cl)C1. The van der Waals surface area contributed by atoms with E-state index in [4.69, 9.17) is 16.1 Å². The van der Waals surface area contributed by atoms with Crippen molar-refractivity contribution in [2.75, 3.05) is 13.1 Å². The van der Waals surface area contributed by atoms with E-state index in [0.29, 0.717) is 11.4 Å². The third-order valence-electron chi connectivity index (χ3n) is 4.51. The summed E-state index contributed by atoms with van der Waals surface area (Å²) in [6.07, 6.45) is 1.28. The van der Waals surface area contributed by atoms with Gasteiger partial charge in [0.2, 0.25) is 5.91 Å². The molecule has 6 heteroatoms. The number of carbonyl (C=O) groups excluding carboxylic acids is 1. The van der Waals surface area contributed by atoms with E-state index in [1.54, 1.807) is 0 Å². The number of nitrogens with one attached hydrogen (secondary N) is 1. The highest BCUT2D eigenvalue weighted by Crippen LogP contribution is 2.19. The highest BCUT2D eigenvalue weighted by molar-refractivity contribution is 6.31. The Balaban J connectivity index is 1.51. The molecule has 1 aromatic heterocycles. The summed E-state index contributed by atoms with van der Waals surface area (Å²) in [5, 5.41) is 7.75. The Morgan fingerprint density at radius 2 is 2.21 bits per heavy atom. The zero-order valence-electron chi connectivity index (χ0n) is 14.0. The molecule has 1 saturated heterocycles. The van der Waals surface area contributed by atoms with Gasteiger partial charge in [0, 0.05) is 36.3 Å². The lowest BCUT2D eigenvalue weighted by molar-refractivity contribution is -0.121. The van der Waals surface area contributed by atoms with Crippen LogP contribution in [0.2, 0.25) is 5.02 Å². The Morgan fingerprint density at radius 1 is 1.42 bits per heavy atom. The van der Waals surface area contributed by atoms with Gasteiger partial charge in [-0.3, -0.25) is 9.69 Å². The third kappa shape index (κ3) is 3.97. The van der Waals surface area contributed by atoms with Gasteiger partial charge in [-0.15, -0.1) is 0 Å². The molecule has 0 bridgehead atoms. The van der Waals surface area contributed by atoms with Gasteiger partial charge in [-0.05, 0) is 31.9 Å². The Kier molecular flexibility index (Phi) is 5.21. The summed E-state index contributed by atoms with van der Waals surface area (Å²) < 4.78 is 5.22. The first-order valence-corrected chi connectivity index (χ1v) is 8.57. The number of carbonyl (C=O) groups is 1. The molecule has 1 unspecified atom stereocenters. The standard InChI is InChI=1S/C18H22ClN3O2/c1-12-16(13(2)24-21-12)11-22-8-7-15(10-22)20-18(23)9-14-5-3-4-6-17(14)19/h3-6,15H,7-11H2,1-2H3,(H,20,23). The second-order valence-corrected chi connectivity index (χ2v) is 6.77. The van der Waals surface area contributed by atoms with Crippen molar-refractivity contribution in [3.05, 3.63) is 51.9 Å². The van der Waals surface area contributed by atoms with Crippen LogP contribution in [0.15, 0.2) is 28.8 Å². The Hall–Kier alpha value is -1.85. The number of aryl methyl sites for hydroxylation is 2. The quantitative estimate of drug-likeness (QED) is 0.903. The summed E-state index contributed by atoms with van der Waals surface area (Å²) >= 11 is 6.11. The summed E-state index contributed by atoms with van der Waals surface area (Å²) in [6.45, 7) is 6.52. The number of benzene rings is 1. The van der Waals surface area contributed by atoms with E-state index in [1.165, 1.54) is 0 Å². The van der Waals surface area contributed by atoms with Crippen LogP contribution in [-0.2, 0) is 17.8 Å². The van der Waals surface area contributed by atoms with Crippen LogP contribution >= 0.6 is 11.6 Å². The largest absolute Gasteiger partial charge is 0.361 e.